The zero-order valence-electron chi connectivity index (χ0n) is 10.4. The second-order valence-electron chi connectivity index (χ2n) is 3.83. The molecule has 2 N–H and O–H groups in total. The average Bonchev–Trinajstić information content (AvgIpc) is 2.39. The van der Waals surface area contributed by atoms with Crippen LogP contribution in [0, 0.1) is 11.3 Å². The molecule has 1 aromatic carbocycles. The number of ether oxygens (including phenoxy) is 1. The van der Waals surface area contributed by atoms with Gasteiger partial charge in [-0.25, -0.2) is 0 Å². The molecule has 1 rings (SSSR count). The standard InChI is InChI=1S/C13H14N2O4/c1-9(13(18)15-7-6-12(16)17)19-11-4-2-10(8-14)3-5-11/h2-5,9H,6-7H2,1H3,(H,15,18)(H,16,17). The number of nitriles is 1. The van der Waals surface area contributed by atoms with Gasteiger partial charge in [-0.15, -0.1) is 0 Å². The van der Waals surface area contributed by atoms with Crippen LogP contribution in [0.25, 0.3) is 0 Å². The van der Waals surface area contributed by atoms with Gasteiger partial charge in [0.25, 0.3) is 5.91 Å². The van der Waals surface area contributed by atoms with Crippen molar-refractivity contribution in [2.45, 2.75) is 19.4 Å². The van der Waals surface area contributed by atoms with Gasteiger partial charge in [0.15, 0.2) is 6.10 Å². The van der Waals surface area contributed by atoms with Crippen molar-refractivity contribution in [3.8, 4) is 11.8 Å². The molecule has 6 nitrogen and oxygen atoms in total. The van der Waals surface area contributed by atoms with Crippen LogP contribution in [-0.2, 0) is 9.59 Å². The Morgan fingerprint density at radius 2 is 2.05 bits per heavy atom. The summed E-state index contributed by atoms with van der Waals surface area (Å²) in [4.78, 5) is 21.9. The zero-order valence-corrected chi connectivity index (χ0v) is 10.4. The van der Waals surface area contributed by atoms with Crippen LogP contribution in [0.2, 0.25) is 0 Å². The van der Waals surface area contributed by atoms with Crippen LogP contribution in [0.1, 0.15) is 18.9 Å². The fourth-order valence-electron chi connectivity index (χ4n) is 1.30. The zero-order chi connectivity index (χ0) is 14.3. The van der Waals surface area contributed by atoms with Crippen LogP contribution in [-0.4, -0.2) is 29.6 Å². The van der Waals surface area contributed by atoms with Gasteiger partial charge in [-0.2, -0.15) is 5.26 Å². The molecule has 0 heterocycles. The number of hydrogen-bond acceptors (Lipinski definition) is 4. The molecular weight excluding hydrogens is 248 g/mol. The minimum absolute atomic E-state index is 0.0647. The molecule has 6 heteroatoms. The highest BCUT2D eigenvalue weighted by atomic mass is 16.5. The lowest BCUT2D eigenvalue weighted by Crippen LogP contribution is -2.37. The molecule has 100 valence electrons. The number of carbonyl (C=O) groups excluding carboxylic acids is 1. The van der Waals surface area contributed by atoms with Gasteiger partial charge in [-0.3, -0.25) is 9.59 Å². The van der Waals surface area contributed by atoms with Gasteiger partial charge in [0.2, 0.25) is 0 Å². The van der Waals surface area contributed by atoms with Crippen LogP contribution in [0.15, 0.2) is 24.3 Å². The van der Waals surface area contributed by atoms with Crippen LogP contribution in [0.4, 0.5) is 0 Å². The first-order valence-corrected chi connectivity index (χ1v) is 5.69. The van der Waals surface area contributed by atoms with E-state index < -0.39 is 12.1 Å². The Balaban J connectivity index is 2.44. The molecule has 1 aromatic rings. The molecular formula is C13H14N2O4. The van der Waals surface area contributed by atoms with Crippen molar-refractivity contribution in [2.75, 3.05) is 6.54 Å². The highest BCUT2D eigenvalue weighted by Crippen LogP contribution is 2.13. The molecule has 0 bridgehead atoms. The molecule has 1 unspecified atom stereocenters. The summed E-state index contributed by atoms with van der Waals surface area (Å²) in [5, 5.41) is 19.5. The summed E-state index contributed by atoms with van der Waals surface area (Å²) in [6, 6.07) is 8.35. The first-order valence-electron chi connectivity index (χ1n) is 5.69. The number of nitrogens with zero attached hydrogens (tertiary/aromatic N) is 1. The summed E-state index contributed by atoms with van der Waals surface area (Å²) in [6.07, 6.45) is -0.864. The third-order valence-electron chi connectivity index (χ3n) is 2.30. The van der Waals surface area contributed by atoms with Crippen molar-refractivity contribution >= 4 is 11.9 Å². The molecule has 0 saturated heterocycles. The monoisotopic (exact) mass is 262 g/mol. The summed E-state index contributed by atoms with van der Waals surface area (Å²) in [6.45, 7) is 1.63. The van der Waals surface area contributed by atoms with Crippen LogP contribution in [0.3, 0.4) is 0 Å². The van der Waals surface area contributed by atoms with E-state index in [4.69, 9.17) is 15.1 Å². The van der Waals surface area contributed by atoms with E-state index in [-0.39, 0.29) is 18.9 Å². The Kier molecular flexibility index (Phi) is 5.35. The number of rotatable bonds is 6. The fraction of sp³-hybridized carbons (Fsp3) is 0.308. The lowest BCUT2D eigenvalue weighted by atomic mass is 10.2. The van der Waals surface area contributed by atoms with Crippen molar-refractivity contribution in [1.29, 1.82) is 5.26 Å². The number of hydrogen-bond donors (Lipinski definition) is 2. The number of carboxylic acid groups (broad SMARTS) is 1. The topological polar surface area (TPSA) is 99.4 Å². The van der Waals surface area contributed by atoms with Gasteiger partial charge in [-0.05, 0) is 31.2 Å². The molecule has 0 spiro atoms. The van der Waals surface area contributed by atoms with Crippen LogP contribution in [0.5, 0.6) is 5.75 Å². The first-order chi connectivity index (χ1) is 9.02. The van der Waals surface area contributed by atoms with Gasteiger partial charge in [0.05, 0.1) is 18.1 Å². The highest BCUT2D eigenvalue weighted by Gasteiger charge is 2.14. The quantitative estimate of drug-likeness (QED) is 0.794. The second kappa shape index (κ2) is 7.01. The molecule has 1 amide bonds. The van der Waals surface area contributed by atoms with E-state index in [0.29, 0.717) is 11.3 Å². The lowest BCUT2D eigenvalue weighted by Gasteiger charge is -2.14. The number of carboxylic acids is 1. The van der Waals surface area contributed by atoms with E-state index in [1.54, 1.807) is 31.2 Å². The minimum atomic E-state index is -0.971. The summed E-state index contributed by atoms with van der Waals surface area (Å²) in [7, 11) is 0. The maximum absolute atomic E-state index is 11.6. The van der Waals surface area contributed by atoms with Crippen molar-refractivity contribution in [1.82, 2.24) is 5.32 Å². The molecule has 1 atom stereocenters. The number of benzene rings is 1. The summed E-state index contributed by atoms with van der Waals surface area (Å²) >= 11 is 0. The molecule has 0 aromatic heterocycles. The second-order valence-corrected chi connectivity index (χ2v) is 3.83. The number of nitrogens with one attached hydrogen (secondary N) is 1. The van der Waals surface area contributed by atoms with E-state index in [1.807, 2.05) is 6.07 Å². The Labute approximate surface area is 110 Å². The smallest absolute Gasteiger partial charge is 0.305 e. The van der Waals surface area contributed by atoms with Crippen molar-refractivity contribution < 1.29 is 19.4 Å². The van der Waals surface area contributed by atoms with E-state index in [1.165, 1.54) is 0 Å². The summed E-state index contributed by atoms with van der Waals surface area (Å²) < 4.78 is 5.36. The van der Waals surface area contributed by atoms with Crippen molar-refractivity contribution in [3.63, 3.8) is 0 Å². The third-order valence-corrected chi connectivity index (χ3v) is 2.30. The van der Waals surface area contributed by atoms with Crippen molar-refractivity contribution in [2.24, 2.45) is 0 Å². The fourth-order valence-corrected chi connectivity index (χ4v) is 1.30. The largest absolute Gasteiger partial charge is 0.481 e. The maximum atomic E-state index is 11.6. The Bertz CT molecular complexity index is 490. The highest BCUT2D eigenvalue weighted by molar-refractivity contribution is 5.81. The lowest BCUT2D eigenvalue weighted by molar-refractivity contribution is -0.137. The Morgan fingerprint density at radius 1 is 1.42 bits per heavy atom. The molecule has 0 radical (unpaired) electrons. The van der Waals surface area contributed by atoms with E-state index >= 15 is 0 Å². The Hall–Kier alpha value is -2.55. The van der Waals surface area contributed by atoms with E-state index in [2.05, 4.69) is 5.32 Å². The first kappa shape index (κ1) is 14.5. The van der Waals surface area contributed by atoms with Crippen LogP contribution >= 0.6 is 0 Å². The minimum Gasteiger partial charge on any atom is -0.481 e. The summed E-state index contributed by atoms with van der Waals surface area (Å²) in [5.41, 5.74) is 0.505. The predicted octanol–water partition coefficient (Wildman–Crippen LogP) is 0.916. The van der Waals surface area contributed by atoms with Gasteiger partial charge in [0.1, 0.15) is 5.75 Å². The SMILES string of the molecule is CC(Oc1ccc(C#N)cc1)C(=O)NCCC(=O)O. The van der Waals surface area contributed by atoms with Crippen molar-refractivity contribution in [3.05, 3.63) is 29.8 Å². The molecule has 19 heavy (non-hydrogen) atoms. The van der Waals surface area contributed by atoms with Crippen LogP contribution < -0.4 is 10.1 Å². The maximum Gasteiger partial charge on any atom is 0.305 e. The predicted molar refractivity (Wildman–Crippen MR) is 66.5 cm³/mol. The van der Waals surface area contributed by atoms with Gasteiger partial charge in [-0.1, -0.05) is 0 Å². The van der Waals surface area contributed by atoms with E-state index in [0.717, 1.165) is 0 Å². The number of aliphatic carboxylic acids is 1. The molecule has 0 aliphatic heterocycles. The van der Waals surface area contributed by atoms with Gasteiger partial charge < -0.3 is 15.2 Å². The normalized spacial score (nSPS) is 11.2. The molecule has 0 aliphatic carbocycles. The third kappa shape index (κ3) is 5.08. The van der Waals surface area contributed by atoms with Gasteiger partial charge >= 0.3 is 5.97 Å². The van der Waals surface area contributed by atoms with E-state index in [9.17, 15) is 9.59 Å². The molecule has 0 aliphatic rings. The summed E-state index contributed by atoms with van der Waals surface area (Å²) in [5.74, 6) is -0.883. The number of carbonyl (C=O) groups is 2. The Morgan fingerprint density at radius 3 is 2.58 bits per heavy atom. The average molecular weight is 262 g/mol. The molecule has 0 saturated carbocycles. The molecule has 0 fully saturated rings. The van der Waals surface area contributed by atoms with Gasteiger partial charge in [0, 0.05) is 6.54 Å². The number of amides is 1.